The second-order valence-electron chi connectivity index (χ2n) is 5.93. The molecule has 3 amide bonds. The van der Waals surface area contributed by atoms with E-state index in [2.05, 4.69) is 28.1 Å². The van der Waals surface area contributed by atoms with Crippen LogP contribution >= 0.6 is 11.8 Å². The van der Waals surface area contributed by atoms with Gasteiger partial charge in [0.15, 0.2) is 5.76 Å². The second kappa shape index (κ2) is 10.2. The number of hydrogen-bond donors (Lipinski definition) is 3. The lowest BCUT2D eigenvalue weighted by Crippen LogP contribution is -2.30. The molecule has 0 aliphatic heterocycles. The first-order valence-electron chi connectivity index (χ1n) is 8.82. The number of benzene rings is 2. The second-order valence-corrected chi connectivity index (χ2v) is 7.03. The molecule has 1 heterocycles. The van der Waals surface area contributed by atoms with Gasteiger partial charge in [0.2, 0.25) is 0 Å². The van der Waals surface area contributed by atoms with Crippen LogP contribution in [0, 0.1) is 0 Å². The summed E-state index contributed by atoms with van der Waals surface area (Å²) in [4.78, 5) is 23.9. The summed E-state index contributed by atoms with van der Waals surface area (Å²) in [5.41, 5.74) is 2.53. The Kier molecular flexibility index (Phi) is 7.14. The summed E-state index contributed by atoms with van der Waals surface area (Å²) in [6.45, 7) is 0.584. The van der Waals surface area contributed by atoms with E-state index >= 15 is 0 Å². The molecule has 0 aliphatic rings. The predicted molar refractivity (Wildman–Crippen MR) is 113 cm³/mol. The van der Waals surface area contributed by atoms with Crippen LogP contribution in [0.3, 0.4) is 0 Å². The van der Waals surface area contributed by atoms with Crippen molar-refractivity contribution in [2.24, 2.45) is 0 Å². The summed E-state index contributed by atoms with van der Waals surface area (Å²) >= 11 is 1.77. The molecule has 3 rings (SSSR count). The predicted octanol–water partition coefficient (Wildman–Crippen LogP) is 4.59. The Morgan fingerprint density at radius 1 is 0.857 bits per heavy atom. The molecular formula is C21H21N3O3S. The van der Waals surface area contributed by atoms with Crippen LogP contribution in [0.15, 0.2) is 77.4 Å². The number of nitrogens with one attached hydrogen (secondary N) is 3. The highest BCUT2D eigenvalue weighted by Crippen LogP contribution is 2.15. The number of thioether (sulfide) groups is 1. The Morgan fingerprint density at radius 2 is 1.57 bits per heavy atom. The molecule has 144 valence electrons. The van der Waals surface area contributed by atoms with Crippen molar-refractivity contribution in [2.45, 2.75) is 5.75 Å². The van der Waals surface area contributed by atoms with E-state index in [1.165, 1.54) is 11.8 Å². The van der Waals surface area contributed by atoms with Gasteiger partial charge in [-0.2, -0.15) is 11.8 Å². The molecule has 7 heteroatoms. The van der Waals surface area contributed by atoms with Crippen LogP contribution in [-0.2, 0) is 5.75 Å². The largest absolute Gasteiger partial charge is 0.459 e. The van der Waals surface area contributed by atoms with E-state index in [-0.39, 0.29) is 17.7 Å². The first kappa shape index (κ1) is 19.6. The lowest BCUT2D eigenvalue weighted by atomic mass is 10.2. The molecule has 0 unspecified atom stereocenters. The van der Waals surface area contributed by atoms with E-state index in [1.807, 2.05) is 18.2 Å². The average Bonchev–Trinajstić information content (AvgIpc) is 3.25. The van der Waals surface area contributed by atoms with E-state index in [0.717, 1.165) is 11.5 Å². The number of carbonyl (C=O) groups is 2. The molecule has 0 radical (unpaired) electrons. The summed E-state index contributed by atoms with van der Waals surface area (Å²) in [6, 6.07) is 20.1. The van der Waals surface area contributed by atoms with Crippen molar-refractivity contribution in [2.75, 3.05) is 22.9 Å². The first-order chi connectivity index (χ1) is 13.7. The van der Waals surface area contributed by atoms with Gasteiger partial charge in [0.25, 0.3) is 5.91 Å². The maximum Gasteiger partial charge on any atom is 0.319 e. The maximum atomic E-state index is 12.0. The first-order valence-corrected chi connectivity index (χ1v) is 9.97. The van der Waals surface area contributed by atoms with Crippen LogP contribution in [0.4, 0.5) is 16.2 Å². The third-order valence-corrected chi connectivity index (χ3v) is 4.82. The summed E-state index contributed by atoms with van der Waals surface area (Å²) in [7, 11) is 0. The van der Waals surface area contributed by atoms with E-state index in [1.54, 1.807) is 48.2 Å². The standard InChI is InChI=1S/C21H21N3O3S/c25-20(19-7-4-13-27-19)23-17-8-10-18(11-9-17)24-21(26)22-12-14-28-15-16-5-2-1-3-6-16/h1-11,13H,12,14-15H2,(H,23,25)(H2,22,24,26). The Bertz CT molecular complexity index is 881. The number of furan rings is 1. The number of rotatable bonds is 8. The Balaban J connectivity index is 1.35. The number of anilines is 2. The van der Waals surface area contributed by atoms with Crippen LogP contribution in [0.2, 0.25) is 0 Å². The summed E-state index contributed by atoms with van der Waals surface area (Å²) < 4.78 is 5.04. The van der Waals surface area contributed by atoms with E-state index in [0.29, 0.717) is 17.9 Å². The van der Waals surface area contributed by atoms with Gasteiger partial charge in [0, 0.05) is 29.4 Å². The molecule has 1 aromatic heterocycles. The zero-order valence-corrected chi connectivity index (χ0v) is 16.0. The zero-order valence-electron chi connectivity index (χ0n) is 15.2. The van der Waals surface area contributed by atoms with Crippen molar-refractivity contribution >= 4 is 35.1 Å². The van der Waals surface area contributed by atoms with Gasteiger partial charge in [-0.1, -0.05) is 30.3 Å². The van der Waals surface area contributed by atoms with Gasteiger partial charge in [-0.25, -0.2) is 4.79 Å². The van der Waals surface area contributed by atoms with Crippen molar-refractivity contribution in [1.82, 2.24) is 5.32 Å². The summed E-state index contributed by atoms with van der Waals surface area (Å²) in [5.74, 6) is 1.68. The Labute approximate surface area is 167 Å². The molecule has 0 aliphatic carbocycles. The average molecular weight is 395 g/mol. The van der Waals surface area contributed by atoms with Gasteiger partial charge in [-0.05, 0) is 42.0 Å². The molecule has 0 fully saturated rings. The lowest BCUT2D eigenvalue weighted by molar-refractivity contribution is 0.0996. The third-order valence-electron chi connectivity index (χ3n) is 3.79. The third kappa shape index (κ3) is 6.21. The van der Waals surface area contributed by atoms with Crippen LogP contribution in [0.25, 0.3) is 0 Å². The van der Waals surface area contributed by atoms with Crippen LogP contribution < -0.4 is 16.0 Å². The number of amides is 3. The molecule has 6 nitrogen and oxygen atoms in total. The molecular weight excluding hydrogens is 374 g/mol. The molecule has 28 heavy (non-hydrogen) atoms. The van der Waals surface area contributed by atoms with Crippen molar-refractivity contribution < 1.29 is 14.0 Å². The fraction of sp³-hybridized carbons (Fsp3) is 0.143. The molecule has 3 N–H and O–H groups in total. The van der Waals surface area contributed by atoms with Crippen molar-refractivity contribution in [1.29, 1.82) is 0 Å². The summed E-state index contributed by atoms with van der Waals surface area (Å²) in [5, 5.41) is 8.32. The molecule has 0 saturated carbocycles. The Hall–Kier alpha value is -3.19. The Morgan fingerprint density at radius 3 is 2.25 bits per heavy atom. The number of urea groups is 1. The van der Waals surface area contributed by atoms with Crippen molar-refractivity contribution in [3.05, 3.63) is 84.3 Å². The monoisotopic (exact) mass is 395 g/mol. The fourth-order valence-corrected chi connectivity index (χ4v) is 3.23. The quantitative estimate of drug-likeness (QED) is 0.487. The van der Waals surface area contributed by atoms with Crippen LogP contribution in [0.1, 0.15) is 16.1 Å². The minimum atomic E-state index is -0.323. The molecule has 0 atom stereocenters. The zero-order chi connectivity index (χ0) is 19.6. The fourth-order valence-electron chi connectivity index (χ4n) is 2.41. The highest BCUT2D eigenvalue weighted by Gasteiger charge is 2.08. The van der Waals surface area contributed by atoms with Crippen LogP contribution in [0.5, 0.6) is 0 Å². The smallest absolute Gasteiger partial charge is 0.319 e. The maximum absolute atomic E-state index is 12.0. The van der Waals surface area contributed by atoms with Gasteiger partial charge < -0.3 is 20.4 Å². The van der Waals surface area contributed by atoms with Gasteiger partial charge in [0.05, 0.1) is 6.26 Å². The van der Waals surface area contributed by atoms with Crippen LogP contribution in [-0.4, -0.2) is 24.2 Å². The van der Waals surface area contributed by atoms with Crippen molar-refractivity contribution in [3.8, 4) is 0 Å². The van der Waals surface area contributed by atoms with Crippen molar-refractivity contribution in [3.63, 3.8) is 0 Å². The highest BCUT2D eigenvalue weighted by atomic mass is 32.2. The SMILES string of the molecule is O=C(NCCSCc1ccccc1)Nc1ccc(NC(=O)c2ccco2)cc1. The van der Waals surface area contributed by atoms with Gasteiger partial charge in [-0.3, -0.25) is 4.79 Å². The van der Waals surface area contributed by atoms with Gasteiger partial charge in [-0.15, -0.1) is 0 Å². The number of carbonyl (C=O) groups excluding carboxylic acids is 2. The van der Waals surface area contributed by atoms with E-state index in [4.69, 9.17) is 4.42 Å². The van der Waals surface area contributed by atoms with E-state index in [9.17, 15) is 9.59 Å². The van der Waals surface area contributed by atoms with Gasteiger partial charge >= 0.3 is 6.03 Å². The van der Waals surface area contributed by atoms with E-state index < -0.39 is 0 Å². The molecule has 2 aromatic carbocycles. The summed E-state index contributed by atoms with van der Waals surface area (Å²) in [6.07, 6.45) is 1.45. The number of hydrogen-bond acceptors (Lipinski definition) is 4. The molecule has 0 bridgehead atoms. The highest BCUT2D eigenvalue weighted by molar-refractivity contribution is 7.98. The minimum Gasteiger partial charge on any atom is -0.459 e. The molecule has 0 spiro atoms. The topological polar surface area (TPSA) is 83.4 Å². The molecule has 0 saturated heterocycles. The van der Waals surface area contributed by atoms with Gasteiger partial charge in [0.1, 0.15) is 0 Å². The minimum absolute atomic E-state index is 0.242. The normalized spacial score (nSPS) is 10.3. The lowest BCUT2D eigenvalue weighted by Gasteiger charge is -2.09. The molecule has 3 aromatic rings.